The number of methoxy groups -OCH3 is 1. The van der Waals surface area contributed by atoms with Gasteiger partial charge in [0.15, 0.2) is 0 Å². The largest absolute Gasteiger partial charge is 0.497 e. The number of benzene rings is 1. The van der Waals surface area contributed by atoms with Crippen molar-refractivity contribution >= 4 is 23.6 Å². The zero-order chi connectivity index (χ0) is 16.9. The summed E-state index contributed by atoms with van der Waals surface area (Å²) in [6, 6.07) is 6.70. The third-order valence-electron chi connectivity index (χ3n) is 4.17. The van der Waals surface area contributed by atoms with Gasteiger partial charge in [-0.15, -0.1) is 0 Å². The van der Waals surface area contributed by atoms with E-state index in [2.05, 4.69) is 5.32 Å². The van der Waals surface area contributed by atoms with E-state index in [1.807, 2.05) is 30.5 Å². The first-order valence-corrected chi connectivity index (χ1v) is 8.85. The molecule has 23 heavy (non-hydrogen) atoms. The molecule has 0 radical (unpaired) electrons. The monoisotopic (exact) mass is 338 g/mol. The van der Waals surface area contributed by atoms with Gasteiger partial charge >= 0.3 is 0 Å². The second-order valence-electron chi connectivity index (χ2n) is 5.59. The van der Waals surface area contributed by atoms with E-state index >= 15 is 0 Å². The van der Waals surface area contributed by atoms with Crippen LogP contribution in [0, 0.1) is 0 Å². The van der Waals surface area contributed by atoms with Crippen LogP contribution in [-0.2, 0) is 15.0 Å². The number of amides is 2. The fraction of sp³-hybridized carbons (Fsp3) is 0.500. The van der Waals surface area contributed by atoms with Gasteiger partial charge in [-0.25, -0.2) is 5.48 Å². The van der Waals surface area contributed by atoms with Gasteiger partial charge in [0, 0.05) is 0 Å². The number of ether oxygens (including phenoxy) is 1. The minimum absolute atomic E-state index is 0.169. The highest BCUT2D eigenvalue weighted by Crippen LogP contribution is 2.48. The number of thioether (sulfide) groups is 1. The standard InChI is InChI=1S/C16H22N2O4S/c1-22-12-5-3-11(4-6-12)16(8-9-16)15(20)17-13(7-10-23-2)14(19)18-21/h3-6,13,21H,7-10H2,1-2H3,(H,17,20)(H,18,19). The van der Waals surface area contributed by atoms with Crippen molar-refractivity contribution in [3.8, 4) is 5.75 Å². The van der Waals surface area contributed by atoms with Gasteiger partial charge in [0.25, 0.3) is 5.91 Å². The second kappa shape index (κ2) is 7.70. The highest BCUT2D eigenvalue weighted by molar-refractivity contribution is 7.98. The van der Waals surface area contributed by atoms with Crippen LogP contribution in [0.3, 0.4) is 0 Å². The molecule has 1 aromatic carbocycles. The van der Waals surface area contributed by atoms with Crippen molar-refractivity contribution in [1.82, 2.24) is 10.8 Å². The van der Waals surface area contributed by atoms with Gasteiger partial charge < -0.3 is 10.1 Å². The van der Waals surface area contributed by atoms with Crippen molar-refractivity contribution < 1.29 is 19.5 Å². The lowest BCUT2D eigenvalue weighted by molar-refractivity contribution is -0.135. The topological polar surface area (TPSA) is 87.7 Å². The summed E-state index contributed by atoms with van der Waals surface area (Å²) in [6.07, 6.45) is 3.90. The number of rotatable bonds is 8. The molecule has 1 aliphatic rings. The summed E-state index contributed by atoms with van der Waals surface area (Å²) in [7, 11) is 1.60. The molecule has 1 saturated carbocycles. The van der Waals surface area contributed by atoms with E-state index in [9.17, 15) is 9.59 Å². The van der Waals surface area contributed by atoms with E-state index in [1.54, 1.807) is 24.4 Å². The van der Waals surface area contributed by atoms with E-state index in [0.717, 1.165) is 24.2 Å². The van der Waals surface area contributed by atoms with Gasteiger partial charge in [-0.2, -0.15) is 11.8 Å². The molecule has 7 heteroatoms. The van der Waals surface area contributed by atoms with Gasteiger partial charge in [-0.3, -0.25) is 14.8 Å². The number of carbonyl (C=O) groups is 2. The van der Waals surface area contributed by atoms with Crippen LogP contribution in [0.15, 0.2) is 24.3 Å². The quantitative estimate of drug-likeness (QED) is 0.493. The van der Waals surface area contributed by atoms with Crippen LogP contribution in [0.4, 0.5) is 0 Å². The van der Waals surface area contributed by atoms with Crippen LogP contribution in [0.2, 0.25) is 0 Å². The van der Waals surface area contributed by atoms with Crippen molar-refractivity contribution in [3.05, 3.63) is 29.8 Å². The maximum atomic E-state index is 12.7. The molecule has 0 saturated heterocycles. The molecule has 1 aliphatic carbocycles. The smallest absolute Gasteiger partial charge is 0.265 e. The summed E-state index contributed by atoms with van der Waals surface area (Å²) in [6.45, 7) is 0. The molecule has 1 fully saturated rings. The Kier molecular flexibility index (Phi) is 5.90. The summed E-state index contributed by atoms with van der Waals surface area (Å²) in [5.74, 6) is 0.700. The summed E-state index contributed by atoms with van der Waals surface area (Å²) in [5, 5.41) is 11.6. The SMILES string of the molecule is COc1ccc(C2(C(=O)NC(CCSC)C(=O)NO)CC2)cc1. The van der Waals surface area contributed by atoms with Crippen LogP contribution >= 0.6 is 11.8 Å². The van der Waals surface area contributed by atoms with Crippen molar-refractivity contribution in [2.45, 2.75) is 30.7 Å². The summed E-state index contributed by atoms with van der Waals surface area (Å²) in [4.78, 5) is 24.4. The predicted octanol–water partition coefficient (Wildman–Crippen LogP) is 1.47. The molecule has 0 spiro atoms. The average Bonchev–Trinajstić information content (AvgIpc) is 3.39. The second-order valence-corrected chi connectivity index (χ2v) is 6.58. The molecule has 2 rings (SSSR count). The molecule has 0 aliphatic heterocycles. The third kappa shape index (κ3) is 3.97. The Morgan fingerprint density at radius 1 is 1.35 bits per heavy atom. The molecule has 0 aromatic heterocycles. The first-order chi connectivity index (χ1) is 11.1. The number of carbonyl (C=O) groups excluding carboxylic acids is 2. The van der Waals surface area contributed by atoms with E-state index < -0.39 is 17.4 Å². The molecule has 1 atom stereocenters. The molecule has 3 N–H and O–H groups in total. The maximum Gasteiger partial charge on any atom is 0.265 e. The van der Waals surface area contributed by atoms with Gasteiger partial charge in [-0.05, 0) is 49.0 Å². The Hall–Kier alpha value is -1.73. The molecule has 1 aromatic rings. The number of hydroxylamine groups is 1. The predicted molar refractivity (Wildman–Crippen MR) is 88.8 cm³/mol. The first-order valence-electron chi connectivity index (χ1n) is 7.46. The number of hydrogen-bond acceptors (Lipinski definition) is 5. The molecular formula is C16H22N2O4S. The van der Waals surface area contributed by atoms with Crippen LogP contribution < -0.4 is 15.5 Å². The van der Waals surface area contributed by atoms with E-state index in [4.69, 9.17) is 9.94 Å². The van der Waals surface area contributed by atoms with Crippen molar-refractivity contribution in [3.63, 3.8) is 0 Å². The minimum atomic E-state index is -0.726. The van der Waals surface area contributed by atoms with Gasteiger partial charge in [0.1, 0.15) is 11.8 Å². The lowest BCUT2D eigenvalue weighted by Gasteiger charge is -2.21. The Morgan fingerprint density at radius 2 is 2.00 bits per heavy atom. The number of nitrogens with one attached hydrogen (secondary N) is 2. The Balaban J connectivity index is 2.09. The van der Waals surface area contributed by atoms with E-state index in [1.165, 1.54) is 0 Å². The maximum absolute atomic E-state index is 12.7. The normalized spacial score (nSPS) is 16.3. The Bertz CT molecular complexity index is 558. The summed E-state index contributed by atoms with van der Waals surface area (Å²) in [5.41, 5.74) is 1.98. The third-order valence-corrected chi connectivity index (χ3v) is 4.81. The van der Waals surface area contributed by atoms with Gasteiger partial charge in [-0.1, -0.05) is 12.1 Å². The molecule has 0 heterocycles. The summed E-state index contributed by atoms with van der Waals surface area (Å²) < 4.78 is 5.13. The molecule has 0 bridgehead atoms. The van der Waals surface area contributed by atoms with Crippen LogP contribution in [0.1, 0.15) is 24.8 Å². The molecule has 126 valence electrons. The first kappa shape index (κ1) is 17.6. The van der Waals surface area contributed by atoms with Crippen molar-refractivity contribution in [1.29, 1.82) is 0 Å². The molecular weight excluding hydrogens is 316 g/mol. The number of hydrogen-bond donors (Lipinski definition) is 3. The zero-order valence-corrected chi connectivity index (χ0v) is 14.1. The van der Waals surface area contributed by atoms with Gasteiger partial charge in [0.2, 0.25) is 5.91 Å². The zero-order valence-electron chi connectivity index (χ0n) is 13.3. The highest BCUT2D eigenvalue weighted by atomic mass is 32.2. The Labute approximate surface area is 139 Å². The van der Waals surface area contributed by atoms with Crippen LogP contribution in [0.25, 0.3) is 0 Å². The van der Waals surface area contributed by atoms with Crippen molar-refractivity contribution in [2.75, 3.05) is 19.1 Å². The molecule has 1 unspecified atom stereocenters. The van der Waals surface area contributed by atoms with Gasteiger partial charge in [0.05, 0.1) is 12.5 Å². The van der Waals surface area contributed by atoms with Crippen LogP contribution in [0.5, 0.6) is 5.75 Å². The van der Waals surface area contributed by atoms with E-state index in [0.29, 0.717) is 12.2 Å². The fourth-order valence-electron chi connectivity index (χ4n) is 2.56. The fourth-order valence-corrected chi connectivity index (χ4v) is 3.03. The van der Waals surface area contributed by atoms with E-state index in [-0.39, 0.29) is 5.91 Å². The average molecular weight is 338 g/mol. The molecule has 2 amide bonds. The lowest BCUT2D eigenvalue weighted by Crippen LogP contribution is -2.49. The molecule has 6 nitrogen and oxygen atoms in total. The summed E-state index contributed by atoms with van der Waals surface area (Å²) >= 11 is 1.58. The minimum Gasteiger partial charge on any atom is -0.497 e. The Morgan fingerprint density at radius 3 is 2.48 bits per heavy atom. The van der Waals surface area contributed by atoms with Crippen molar-refractivity contribution in [2.24, 2.45) is 0 Å². The lowest BCUT2D eigenvalue weighted by atomic mass is 9.94. The van der Waals surface area contributed by atoms with Crippen LogP contribution in [-0.4, -0.2) is 42.2 Å². The highest BCUT2D eigenvalue weighted by Gasteiger charge is 2.51.